The van der Waals surface area contributed by atoms with Crippen LogP contribution < -0.4 is 10.6 Å². The third-order valence-electron chi connectivity index (χ3n) is 6.36. The van der Waals surface area contributed by atoms with Crippen LogP contribution in [0.5, 0.6) is 0 Å². The molecule has 0 unspecified atom stereocenters. The number of carbonyl (C=O) groups excluding carboxylic acids is 1. The lowest BCUT2D eigenvalue weighted by atomic mass is 9.92. The van der Waals surface area contributed by atoms with E-state index in [2.05, 4.69) is 43.3 Å². The monoisotopic (exact) mass is 342 g/mol. The highest BCUT2D eigenvalue weighted by Gasteiger charge is 2.45. The van der Waals surface area contributed by atoms with Gasteiger partial charge in [-0.1, -0.05) is 12.1 Å². The molecule has 136 valence electrons. The third kappa shape index (κ3) is 3.04. The zero-order valence-corrected chi connectivity index (χ0v) is 15.4. The molecule has 2 N–H and O–H groups in total. The summed E-state index contributed by atoms with van der Waals surface area (Å²) >= 11 is 0. The Bertz CT molecular complexity index is 638. The molecule has 2 saturated heterocycles. The van der Waals surface area contributed by atoms with Gasteiger partial charge in [0.05, 0.1) is 6.04 Å². The number of hydrogen-bond acceptors (Lipinski definition) is 3. The van der Waals surface area contributed by atoms with Crippen molar-refractivity contribution in [2.75, 3.05) is 38.6 Å². The molecule has 4 rings (SSSR count). The van der Waals surface area contributed by atoms with Crippen molar-refractivity contribution in [1.29, 1.82) is 0 Å². The van der Waals surface area contributed by atoms with Crippen molar-refractivity contribution in [3.63, 3.8) is 0 Å². The van der Waals surface area contributed by atoms with Gasteiger partial charge in [0.15, 0.2) is 0 Å². The molecule has 2 atom stereocenters. The Morgan fingerprint density at radius 2 is 1.96 bits per heavy atom. The molecule has 1 aromatic rings. The van der Waals surface area contributed by atoms with Gasteiger partial charge in [0, 0.05) is 24.8 Å². The minimum absolute atomic E-state index is 0.114. The zero-order chi connectivity index (χ0) is 17.6. The number of nitrogens with two attached hydrogens (primary N) is 1. The van der Waals surface area contributed by atoms with Crippen LogP contribution in [0.1, 0.15) is 37.7 Å². The lowest BCUT2D eigenvalue weighted by molar-refractivity contribution is 0.175. The first-order chi connectivity index (χ1) is 12.0. The quantitative estimate of drug-likeness (QED) is 0.894. The first kappa shape index (κ1) is 16.9. The molecule has 1 aliphatic carbocycles. The second-order valence-electron chi connectivity index (χ2n) is 8.34. The molecule has 5 nitrogen and oxygen atoms in total. The van der Waals surface area contributed by atoms with Crippen LogP contribution in [0.15, 0.2) is 24.3 Å². The van der Waals surface area contributed by atoms with Crippen molar-refractivity contribution < 1.29 is 4.79 Å². The van der Waals surface area contributed by atoms with E-state index in [4.69, 9.17) is 5.73 Å². The largest absolute Gasteiger partial charge is 0.326 e. The number of amides is 2. The van der Waals surface area contributed by atoms with E-state index in [0.29, 0.717) is 5.41 Å². The van der Waals surface area contributed by atoms with E-state index in [1.54, 1.807) is 0 Å². The molecule has 5 heteroatoms. The van der Waals surface area contributed by atoms with Gasteiger partial charge in [-0.15, -0.1) is 0 Å². The molecule has 1 saturated carbocycles. The number of benzene rings is 1. The molecule has 25 heavy (non-hydrogen) atoms. The van der Waals surface area contributed by atoms with E-state index in [-0.39, 0.29) is 18.1 Å². The molecule has 0 spiro atoms. The van der Waals surface area contributed by atoms with Crippen LogP contribution in [0.2, 0.25) is 0 Å². The number of anilines is 1. The number of nitrogens with zero attached hydrogens (tertiary/aromatic N) is 3. The number of rotatable bonds is 5. The predicted molar refractivity (Wildman–Crippen MR) is 101 cm³/mol. The van der Waals surface area contributed by atoms with Gasteiger partial charge < -0.3 is 15.5 Å². The highest BCUT2D eigenvalue weighted by molar-refractivity contribution is 5.94. The number of urea groups is 1. The maximum absolute atomic E-state index is 12.7. The van der Waals surface area contributed by atoms with Crippen LogP contribution in [0.4, 0.5) is 10.5 Å². The van der Waals surface area contributed by atoms with Gasteiger partial charge >= 0.3 is 6.03 Å². The predicted octanol–water partition coefficient (Wildman–Crippen LogP) is 2.40. The Hall–Kier alpha value is -1.59. The van der Waals surface area contributed by atoms with Crippen LogP contribution in [-0.4, -0.2) is 61.6 Å². The Balaban J connectivity index is 1.48. The maximum atomic E-state index is 12.7. The van der Waals surface area contributed by atoms with E-state index in [1.165, 1.54) is 24.8 Å². The molecule has 3 aliphatic rings. The van der Waals surface area contributed by atoms with Gasteiger partial charge in [-0.25, -0.2) is 4.79 Å². The lowest BCUT2D eigenvalue weighted by Crippen LogP contribution is -2.50. The molecule has 2 heterocycles. The first-order valence-electron chi connectivity index (χ1n) is 9.59. The normalized spacial score (nSPS) is 27.8. The average molecular weight is 342 g/mol. The van der Waals surface area contributed by atoms with Crippen molar-refractivity contribution in [3.05, 3.63) is 29.8 Å². The number of hydrogen-bond donors (Lipinski definition) is 1. The summed E-state index contributed by atoms with van der Waals surface area (Å²) in [6, 6.07) is 9.16. The van der Waals surface area contributed by atoms with Crippen LogP contribution in [-0.2, 0) is 5.41 Å². The zero-order valence-electron chi connectivity index (χ0n) is 15.4. The fourth-order valence-electron chi connectivity index (χ4n) is 4.46. The van der Waals surface area contributed by atoms with E-state index in [9.17, 15) is 4.79 Å². The topological polar surface area (TPSA) is 52.8 Å². The summed E-state index contributed by atoms with van der Waals surface area (Å²) in [6.45, 7) is 2.70. The Morgan fingerprint density at radius 1 is 1.24 bits per heavy atom. The van der Waals surface area contributed by atoms with E-state index in [1.807, 2.05) is 9.80 Å². The lowest BCUT2D eigenvalue weighted by Gasteiger charge is -2.32. The van der Waals surface area contributed by atoms with Crippen LogP contribution in [0, 0.1) is 0 Å². The summed E-state index contributed by atoms with van der Waals surface area (Å²) in [5.41, 5.74) is 9.06. The summed E-state index contributed by atoms with van der Waals surface area (Å²) in [4.78, 5) is 18.9. The number of fused-ring (bicyclic) bond motifs is 1. The fraction of sp³-hybridized carbons (Fsp3) is 0.650. The Kier molecular flexibility index (Phi) is 4.24. The number of piperidine rings is 1. The van der Waals surface area contributed by atoms with Crippen LogP contribution in [0.25, 0.3) is 0 Å². The molecule has 0 aromatic heterocycles. The van der Waals surface area contributed by atoms with Gasteiger partial charge in [-0.3, -0.25) is 4.90 Å². The van der Waals surface area contributed by atoms with E-state index in [0.717, 1.165) is 38.2 Å². The molecular formula is C20H30N4O. The third-order valence-corrected chi connectivity index (χ3v) is 6.36. The van der Waals surface area contributed by atoms with Gasteiger partial charge in [-0.2, -0.15) is 0 Å². The molecule has 3 fully saturated rings. The fourth-order valence-corrected chi connectivity index (χ4v) is 4.46. The molecule has 1 aromatic carbocycles. The summed E-state index contributed by atoms with van der Waals surface area (Å²) in [5.74, 6) is 0. The standard InChI is InChI=1S/C20H30N4O/c1-22(2)13-11-20(9-10-20)15-5-7-16(8-6-15)24-14-18-17(21)4-3-12-23(18)19(24)25/h5-8,17-18H,3-4,9-14,21H2,1-2H3/t17-,18-/m1/s1. The minimum atomic E-state index is 0.114. The first-order valence-corrected chi connectivity index (χ1v) is 9.59. The van der Waals surface area contributed by atoms with Gasteiger partial charge in [-0.05, 0) is 75.9 Å². The Labute approximate surface area is 150 Å². The van der Waals surface area contributed by atoms with Gasteiger partial charge in [0.1, 0.15) is 0 Å². The van der Waals surface area contributed by atoms with Gasteiger partial charge in [0.25, 0.3) is 0 Å². The summed E-state index contributed by atoms with van der Waals surface area (Å²) in [6.07, 6.45) is 5.83. The van der Waals surface area contributed by atoms with Crippen LogP contribution in [0.3, 0.4) is 0 Å². The maximum Gasteiger partial charge on any atom is 0.324 e. The van der Waals surface area contributed by atoms with Gasteiger partial charge in [0.2, 0.25) is 0 Å². The second kappa shape index (κ2) is 6.29. The Morgan fingerprint density at radius 3 is 2.56 bits per heavy atom. The SMILES string of the molecule is CN(C)CCC1(c2ccc(N3C[C@@H]4[C@H](N)CCCN4C3=O)cc2)CC1. The van der Waals surface area contributed by atoms with E-state index < -0.39 is 0 Å². The minimum Gasteiger partial charge on any atom is -0.326 e. The summed E-state index contributed by atoms with van der Waals surface area (Å²) < 4.78 is 0. The molecule has 2 amide bonds. The summed E-state index contributed by atoms with van der Waals surface area (Å²) in [7, 11) is 4.27. The van der Waals surface area contributed by atoms with Crippen molar-refractivity contribution in [3.8, 4) is 0 Å². The van der Waals surface area contributed by atoms with E-state index >= 15 is 0 Å². The van der Waals surface area contributed by atoms with Crippen molar-refractivity contribution in [2.45, 2.75) is 49.6 Å². The molecule has 2 aliphatic heterocycles. The molecule has 0 radical (unpaired) electrons. The molecular weight excluding hydrogens is 312 g/mol. The van der Waals surface area contributed by atoms with Crippen molar-refractivity contribution in [1.82, 2.24) is 9.80 Å². The van der Waals surface area contributed by atoms with Crippen molar-refractivity contribution >= 4 is 11.7 Å². The second-order valence-corrected chi connectivity index (χ2v) is 8.34. The average Bonchev–Trinajstić information content (AvgIpc) is 3.32. The highest BCUT2D eigenvalue weighted by atomic mass is 16.2. The summed E-state index contributed by atoms with van der Waals surface area (Å²) in [5, 5.41) is 0. The number of carbonyl (C=O) groups is 1. The van der Waals surface area contributed by atoms with Crippen LogP contribution >= 0.6 is 0 Å². The smallest absolute Gasteiger partial charge is 0.324 e. The molecule has 0 bridgehead atoms. The highest BCUT2D eigenvalue weighted by Crippen LogP contribution is 2.51. The van der Waals surface area contributed by atoms with Crippen molar-refractivity contribution in [2.24, 2.45) is 5.73 Å².